The van der Waals surface area contributed by atoms with Gasteiger partial charge in [-0.15, -0.1) is 0 Å². The van der Waals surface area contributed by atoms with E-state index in [1.165, 1.54) is 29.6 Å². The number of nitrogens with two attached hydrogens (primary N) is 1. The molecule has 0 unspecified atom stereocenters. The lowest BCUT2D eigenvalue weighted by atomic mass is 9.77. The second-order valence-electron chi connectivity index (χ2n) is 14.7. The number of carbonyl (C=O) groups excluding carboxylic acids is 4. The van der Waals surface area contributed by atoms with Crippen LogP contribution in [0.3, 0.4) is 0 Å². The lowest BCUT2D eigenvalue weighted by molar-refractivity contribution is -0.218. The summed E-state index contributed by atoms with van der Waals surface area (Å²) in [4.78, 5) is 54.8. The van der Waals surface area contributed by atoms with Crippen LogP contribution in [0.15, 0.2) is 66.7 Å². The number of amides is 3. The molecule has 4 aromatic rings. The number of aryl methyl sites for hydroxylation is 1. The molecule has 1 aromatic heterocycles. The van der Waals surface area contributed by atoms with Gasteiger partial charge in [0.2, 0.25) is 11.7 Å². The number of carbonyl (C=O) groups is 4. The number of aromatic nitrogens is 3. The molecule has 1 heterocycles. The van der Waals surface area contributed by atoms with E-state index in [2.05, 4.69) is 20.7 Å². The topological polar surface area (TPSA) is 172 Å². The average Bonchev–Trinajstić information content (AvgIpc) is 3.69. The van der Waals surface area contributed by atoms with Gasteiger partial charge in [0.1, 0.15) is 5.78 Å². The van der Waals surface area contributed by atoms with Gasteiger partial charge in [0.25, 0.3) is 11.8 Å². The monoisotopic (exact) mass is 777 g/mol. The minimum Gasteiger partial charge on any atom is -0.354 e. The Bertz CT molecular complexity index is 2030. The van der Waals surface area contributed by atoms with Crippen LogP contribution in [0.4, 0.5) is 23.2 Å². The highest BCUT2D eigenvalue weighted by Crippen LogP contribution is 2.42. The summed E-state index contributed by atoms with van der Waals surface area (Å²) in [5, 5.41) is 12.7. The molecule has 1 atom stereocenters. The molecular formula is C41H47F4N7O4. The fourth-order valence-corrected chi connectivity index (χ4v) is 6.89. The van der Waals surface area contributed by atoms with Crippen molar-refractivity contribution >= 4 is 29.2 Å². The van der Waals surface area contributed by atoms with Gasteiger partial charge >= 0.3 is 11.8 Å². The van der Waals surface area contributed by atoms with Gasteiger partial charge in [0.15, 0.2) is 5.82 Å². The number of benzene rings is 3. The first-order chi connectivity index (χ1) is 26.5. The van der Waals surface area contributed by atoms with Crippen molar-refractivity contribution in [2.75, 3.05) is 18.9 Å². The number of ketones is 1. The maximum atomic E-state index is 14.5. The lowest BCUT2D eigenvalue weighted by Crippen LogP contribution is -2.50. The number of aromatic amines is 1. The number of anilines is 1. The highest BCUT2D eigenvalue weighted by molar-refractivity contribution is 5.96. The van der Waals surface area contributed by atoms with E-state index in [1.807, 2.05) is 57.2 Å². The molecule has 1 aliphatic rings. The Balaban J connectivity index is 1.31. The van der Waals surface area contributed by atoms with Crippen molar-refractivity contribution in [2.24, 2.45) is 23.5 Å². The zero-order chi connectivity index (χ0) is 40.8. The highest BCUT2D eigenvalue weighted by atomic mass is 19.3. The molecule has 0 saturated heterocycles. The number of hydrogen-bond donors (Lipinski definition) is 5. The summed E-state index contributed by atoms with van der Waals surface area (Å²) in [5.74, 6) is -15.1. The van der Waals surface area contributed by atoms with Crippen molar-refractivity contribution < 1.29 is 36.7 Å². The predicted octanol–water partition coefficient (Wildman–Crippen LogP) is 6.58. The van der Waals surface area contributed by atoms with Crippen molar-refractivity contribution in [3.8, 4) is 22.5 Å². The van der Waals surface area contributed by atoms with Gasteiger partial charge in [-0.1, -0.05) is 30.3 Å². The number of alkyl halides is 4. The van der Waals surface area contributed by atoms with E-state index in [1.54, 1.807) is 11.2 Å². The van der Waals surface area contributed by atoms with Gasteiger partial charge in [0.05, 0.1) is 0 Å². The number of rotatable bonds is 15. The second-order valence-corrected chi connectivity index (χ2v) is 14.7. The number of nitrogens with one attached hydrogen (secondary N) is 4. The summed E-state index contributed by atoms with van der Waals surface area (Å²) >= 11 is 0. The van der Waals surface area contributed by atoms with Crippen LogP contribution >= 0.6 is 0 Å². The van der Waals surface area contributed by atoms with Gasteiger partial charge in [-0.2, -0.15) is 22.7 Å². The zero-order valence-electron chi connectivity index (χ0n) is 31.7. The summed E-state index contributed by atoms with van der Waals surface area (Å²) in [6.45, 7) is 6.32. The Labute approximate surface area is 322 Å². The van der Waals surface area contributed by atoms with Gasteiger partial charge < -0.3 is 21.7 Å². The molecule has 1 saturated carbocycles. The van der Waals surface area contributed by atoms with Gasteiger partial charge in [-0.05, 0) is 124 Å². The molecule has 3 aromatic carbocycles. The summed E-state index contributed by atoms with van der Waals surface area (Å²) < 4.78 is 57.3. The first-order valence-corrected chi connectivity index (χ1v) is 18.6. The smallest absolute Gasteiger partial charge is 0.354 e. The van der Waals surface area contributed by atoms with Gasteiger partial charge in [0, 0.05) is 48.2 Å². The van der Waals surface area contributed by atoms with Crippen LogP contribution in [-0.4, -0.2) is 64.2 Å². The molecule has 0 bridgehead atoms. The van der Waals surface area contributed by atoms with E-state index in [0.717, 1.165) is 55.0 Å². The third-order valence-electron chi connectivity index (χ3n) is 10.2. The van der Waals surface area contributed by atoms with Crippen LogP contribution < -0.4 is 21.7 Å². The lowest BCUT2D eigenvalue weighted by Gasteiger charge is -2.27. The maximum absolute atomic E-state index is 14.5. The zero-order valence-corrected chi connectivity index (χ0v) is 31.7. The van der Waals surface area contributed by atoms with E-state index in [0.29, 0.717) is 23.7 Å². The number of Topliss-reactive ketones (excluding diaryl/α,β-unsaturated/α-hetero) is 1. The largest absolute Gasteiger partial charge is 0.393 e. The van der Waals surface area contributed by atoms with E-state index >= 15 is 0 Å². The van der Waals surface area contributed by atoms with Gasteiger partial charge in [-0.3, -0.25) is 24.3 Å². The third-order valence-corrected chi connectivity index (χ3v) is 10.2. The number of nitrogens with zero attached hydrogens (tertiary/aromatic N) is 2. The van der Waals surface area contributed by atoms with E-state index in [-0.39, 0.29) is 47.9 Å². The molecule has 0 radical (unpaired) electrons. The number of halogens is 4. The molecule has 6 N–H and O–H groups in total. The normalized spacial score (nSPS) is 16.6. The van der Waals surface area contributed by atoms with E-state index < -0.39 is 35.4 Å². The third kappa shape index (κ3) is 9.49. The van der Waals surface area contributed by atoms with Crippen LogP contribution in [-0.2, 0) is 26.7 Å². The van der Waals surface area contributed by atoms with Crippen molar-refractivity contribution in [1.82, 2.24) is 25.8 Å². The van der Waals surface area contributed by atoms with Crippen LogP contribution in [0.25, 0.3) is 22.5 Å². The molecule has 15 heteroatoms. The Hall–Kier alpha value is -5.44. The van der Waals surface area contributed by atoms with Crippen molar-refractivity contribution in [3.05, 3.63) is 89.2 Å². The molecule has 5 rings (SSSR count). The Kier molecular flexibility index (Phi) is 13.1. The Morgan fingerprint density at radius 3 is 2.14 bits per heavy atom. The predicted molar refractivity (Wildman–Crippen MR) is 204 cm³/mol. The first kappa shape index (κ1) is 41.7. The summed E-state index contributed by atoms with van der Waals surface area (Å²) in [6, 6.07) is 19.0. The summed E-state index contributed by atoms with van der Waals surface area (Å²) in [5.41, 5.74) is 10.6. The molecule has 298 valence electrons. The summed E-state index contributed by atoms with van der Waals surface area (Å²) in [7, 11) is 0.810. The Morgan fingerprint density at radius 1 is 0.911 bits per heavy atom. The molecule has 3 amide bonds. The minimum atomic E-state index is -5.09. The fraction of sp³-hybridized carbons (Fsp3) is 0.415. The molecule has 0 aliphatic heterocycles. The van der Waals surface area contributed by atoms with Crippen molar-refractivity contribution in [3.63, 3.8) is 0 Å². The SMILES string of the molecule is CNC(=O)C(F)(F)C(F)(F)c1nc(-c2ccc(NC(=O)[C@@H](CC(=O)C3CCC(CN)CC3)Cc3ccc(-c4ccc(C(=O)NC(C)C)cc4C)cc3)cc2)n[nH]1. The molecule has 1 aliphatic carbocycles. The van der Waals surface area contributed by atoms with Crippen molar-refractivity contribution in [2.45, 2.75) is 77.2 Å². The quantitative estimate of drug-likeness (QED) is 0.0849. The summed E-state index contributed by atoms with van der Waals surface area (Å²) in [6.07, 6.45) is 3.47. The minimum absolute atomic E-state index is 0.0125. The Morgan fingerprint density at radius 2 is 1.55 bits per heavy atom. The van der Waals surface area contributed by atoms with Crippen LogP contribution in [0.1, 0.15) is 73.3 Å². The number of H-pyrrole nitrogens is 1. The van der Waals surface area contributed by atoms with Crippen molar-refractivity contribution in [1.29, 1.82) is 0 Å². The number of hydrogen-bond acceptors (Lipinski definition) is 7. The molecule has 56 heavy (non-hydrogen) atoms. The first-order valence-electron chi connectivity index (χ1n) is 18.6. The maximum Gasteiger partial charge on any atom is 0.393 e. The average molecular weight is 778 g/mol. The second kappa shape index (κ2) is 17.6. The van der Waals surface area contributed by atoms with Crippen LogP contribution in [0, 0.1) is 24.7 Å². The molecule has 11 nitrogen and oxygen atoms in total. The van der Waals surface area contributed by atoms with E-state index in [4.69, 9.17) is 5.73 Å². The van der Waals surface area contributed by atoms with Crippen LogP contribution in [0.2, 0.25) is 0 Å². The van der Waals surface area contributed by atoms with E-state index in [9.17, 15) is 36.7 Å². The molecular weight excluding hydrogens is 730 g/mol. The highest BCUT2D eigenvalue weighted by Gasteiger charge is 2.65. The van der Waals surface area contributed by atoms with Crippen LogP contribution in [0.5, 0.6) is 0 Å². The fourth-order valence-electron chi connectivity index (χ4n) is 6.89. The molecule has 0 spiro atoms. The van der Waals surface area contributed by atoms with Gasteiger partial charge in [-0.25, -0.2) is 4.98 Å². The molecule has 1 fully saturated rings. The standard InChI is InChI=1S/C41H47F4N7O4/c1-23(2)48-36(54)30-15-18-33(24(3)19-30)27-9-5-25(6-10-27)20-31(21-34(53)28-11-7-26(22-46)8-12-28)37(55)49-32-16-13-29(14-17-32)35-50-38(52-51-35)40(42,43)41(44,45)39(56)47-4/h5-6,9-10,13-19,23,26,28,31H,7-8,11-12,20-22,46H2,1-4H3,(H,47,56)(H,48,54)(H,49,55)(H,50,51,52)/t26?,28?,31-/m1/s1.